The van der Waals surface area contributed by atoms with Crippen molar-refractivity contribution in [1.82, 2.24) is 5.32 Å². The summed E-state index contributed by atoms with van der Waals surface area (Å²) in [6.07, 6.45) is 1.48. The highest BCUT2D eigenvalue weighted by atomic mass is 19.2. The van der Waals surface area contributed by atoms with Crippen LogP contribution < -0.4 is 5.32 Å². The van der Waals surface area contributed by atoms with E-state index in [1.165, 1.54) is 6.26 Å². The molecule has 1 aromatic heterocycles. The van der Waals surface area contributed by atoms with Crippen molar-refractivity contribution in [3.63, 3.8) is 0 Å². The van der Waals surface area contributed by atoms with Crippen LogP contribution in [0.4, 0.5) is 13.2 Å². The summed E-state index contributed by atoms with van der Waals surface area (Å²) in [6, 6.07) is 2.59. The van der Waals surface area contributed by atoms with Crippen molar-refractivity contribution in [1.29, 1.82) is 0 Å². The predicted octanol–water partition coefficient (Wildman–Crippen LogP) is 3.70. The van der Waals surface area contributed by atoms with E-state index < -0.39 is 23.5 Å². The normalized spacial score (nSPS) is 12.7. The molecule has 0 saturated heterocycles. The molecular formula is C14H14F3NO. The number of nitrogens with one attached hydrogen (secondary N) is 1. The topological polar surface area (TPSA) is 25.2 Å². The van der Waals surface area contributed by atoms with Crippen LogP contribution in [0.25, 0.3) is 0 Å². The van der Waals surface area contributed by atoms with Crippen LogP contribution >= 0.6 is 0 Å². The lowest BCUT2D eigenvalue weighted by atomic mass is 10.00. The van der Waals surface area contributed by atoms with Gasteiger partial charge in [-0.1, -0.05) is 6.92 Å². The summed E-state index contributed by atoms with van der Waals surface area (Å²) >= 11 is 0. The molecule has 1 atom stereocenters. The van der Waals surface area contributed by atoms with E-state index in [-0.39, 0.29) is 5.56 Å². The number of hydrogen-bond acceptors (Lipinski definition) is 2. The molecule has 0 amide bonds. The molecule has 19 heavy (non-hydrogen) atoms. The summed E-state index contributed by atoms with van der Waals surface area (Å²) in [6.45, 7) is 4.15. The molecule has 0 fully saturated rings. The van der Waals surface area contributed by atoms with E-state index in [0.717, 1.165) is 6.07 Å². The second-order valence-corrected chi connectivity index (χ2v) is 4.27. The largest absolute Gasteiger partial charge is 0.469 e. The quantitative estimate of drug-likeness (QED) is 0.856. The Balaban J connectivity index is 2.47. The van der Waals surface area contributed by atoms with Gasteiger partial charge in [0.1, 0.15) is 11.6 Å². The molecule has 2 aromatic rings. The molecular weight excluding hydrogens is 255 g/mol. The minimum Gasteiger partial charge on any atom is -0.469 e. The lowest BCUT2D eigenvalue weighted by Crippen LogP contribution is -2.23. The highest BCUT2D eigenvalue weighted by Gasteiger charge is 2.21. The number of benzene rings is 1. The van der Waals surface area contributed by atoms with Crippen LogP contribution in [0.5, 0.6) is 0 Å². The summed E-state index contributed by atoms with van der Waals surface area (Å²) < 4.78 is 45.2. The fourth-order valence-corrected chi connectivity index (χ4v) is 1.99. The van der Waals surface area contributed by atoms with Gasteiger partial charge in [0.05, 0.1) is 12.3 Å². The minimum atomic E-state index is -1.19. The summed E-state index contributed by atoms with van der Waals surface area (Å²) in [5.74, 6) is -2.39. The van der Waals surface area contributed by atoms with Crippen LogP contribution in [0.1, 0.15) is 29.9 Å². The lowest BCUT2D eigenvalue weighted by Gasteiger charge is -2.17. The third kappa shape index (κ3) is 2.81. The first-order chi connectivity index (χ1) is 9.02. The Bertz CT molecular complexity index is 580. The Labute approximate surface area is 109 Å². The second-order valence-electron chi connectivity index (χ2n) is 4.27. The Kier molecular flexibility index (Phi) is 3.95. The molecule has 1 heterocycles. The molecule has 5 heteroatoms. The highest BCUT2D eigenvalue weighted by molar-refractivity contribution is 5.32. The van der Waals surface area contributed by atoms with E-state index in [2.05, 4.69) is 5.32 Å². The first-order valence-corrected chi connectivity index (χ1v) is 5.95. The van der Waals surface area contributed by atoms with Crippen molar-refractivity contribution in [2.24, 2.45) is 0 Å². The van der Waals surface area contributed by atoms with Crippen molar-refractivity contribution in [2.45, 2.75) is 19.9 Å². The van der Waals surface area contributed by atoms with Gasteiger partial charge in [-0.2, -0.15) is 0 Å². The van der Waals surface area contributed by atoms with Crippen LogP contribution in [0.3, 0.4) is 0 Å². The first kappa shape index (κ1) is 13.7. The molecule has 0 aliphatic rings. The molecule has 0 saturated carbocycles. The Hall–Kier alpha value is -1.75. The number of rotatable bonds is 4. The monoisotopic (exact) mass is 269 g/mol. The molecule has 0 spiro atoms. The van der Waals surface area contributed by atoms with Crippen molar-refractivity contribution >= 4 is 0 Å². The first-order valence-electron chi connectivity index (χ1n) is 5.95. The third-order valence-corrected chi connectivity index (χ3v) is 2.84. The maximum Gasteiger partial charge on any atom is 0.161 e. The number of furan rings is 1. The van der Waals surface area contributed by atoms with Gasteiger partial charge in [-0.05, 0) is 25.6 Å². The third-order valence-electron chi connectivity index (χ3n) is 2.84. The van der Waals surface area contributed by atoms with Gasteiger partial charge < -0.3 is 9.73 Å². The van der Waals surface area contributed by atoms with E-state index in [9.17, 15) is 13.2 Å². The molecule has 0 aliphatic carbocycles. The number of hydrogen-bond donors (Lipinski definition) is 1. The van der Waals surface area contributed by atoms with Gasteiger partial charge in [-0.3, -0.25) is 0 Å². The summed E-state index contributed by atoms with van der Waals surface area (Å²) in [5.41, 5.74) is 0.728. The van der Waals surface area contributed by atoms with Crippen molar-refractivity contribution < 1.29 is 17.6 Å². The fourth-order valence-electron chi connectivity index (χ4n) is 1.99. The van der Waals surface area contributed by atoms with Gasteiger partial charge in [0.25, 0.3) is 0 Å². The minimum absolute atomic E-state index is 0.0570. The van der Waals surface area contributed by atoms with Gasteiger partial charge in [0.2, 0.25) is 0 Å². The molecule has 0 aliphatic heterocycles. The summed E-state index contributed by atoms with van der Waals surface area (Å²) in [4.78, 5) is 0. The summed E-state index contributed by atoms with van der Waals surface area (Å²) in [5, 5.41) is 3.03. The van der Waals surface area contributed by atoms with E-state index in [1.54, 1.807) is 13.0 Å². The lowest BCUT2D eigenvalue weighted by molar-refractivity contribution is 0.479. The average Bonchev–Trinajstić information content (AvgIpc) is 2.78. The second kappa shape index (κ2) is 5.48. The average molecular weight is 269 g/mol. The van der Waals surface area contributed by atoms with E-state index in [1.807, 2.05) is 6.92 Å². The molecule has 0 bridgehead atoms. The molecule has 102 valence electrons. The van der Waals surface area contributed by atoms with Crippen molar-refractivity contribution in [2.75, 3.05) is 6.54 Å². The SMILES string of the molecule is CCNC(c1coc(C)c1)c1cc(F)c(F)cc1F. The van der Waals surface area contributed by atoms with E-state index in [4.69, 9.17) is 4.42 Å². The van der Waals surface area contributed by atoms with Crippen LogP contribution in [0.15, 0.2) is 28.9 Å². The Morgan fingerprint density at radius 2 is 1.79 bits per heavy atom. The molecule has 2 rings (SSSR count). The maximum absolute atomic E-state index is 13.8. The van der Waals surface area contributed by atoms with Gasteiger partial charge >= 0.3 is 0 Å². The summed E-state index contributed by atoms with van der Waals surface area (Å²) in [7, 11) is 0. The van der Waals surface area contributed by atoms with Gasteiger partial charge in [-0.25, -0.2) is 13.2 Å². The molecule has 1 aromatic carbocycles. The molecule has 1 unspecified atom stereocenters. The van der Waals surface area contributed by atoms with Crippen LogP contribution in [0.2, 0.25) is 0 Å². The Morgan fingerprint density at radius 3 is 2.37 bits per heavy atom. The predicted molar refractivity (Wildman–Crippen MR) is 65.3 cm³/mol. The van der Waals surface area contributed by atoms with Gasteiger partial charge in [-0.15, -0.1) is 0 Å². The standard InChI is InChI=1S/C14H14F3NO/c1-3-18-14(9-4-8(2)19-7-9)10-5-12(16)13(17)6-11(10)15/h4-7,14,18H,3H2,1-2H3. The molecule has 0 radical (unpaired) electrons. The van der Waals surface area contributed by atoms with E-state index in [0.29, 0.717) is 23.9 Å². The van der Waals surface area contributed by atoms with E-state index >= 15 is 0 Å². The zero-order chi connectivity index (χ0) is 14.0. The van der Waals surface area contributed by atoms with Gasteiger partial charge in [0, 0.05) is 17.2 Å². The number of halogens is 3. The highest BCUT2D eigenvalue weighted by Crippen LogP contribution is 2.27. The van der Waals surface area contributed by atoms with Crippen LogP contribution in [0, 0.1) is 24.4 Å². The molecule has 1 N–H and O–H groups in total. The van der Waals surface area contributed by atoms with Gasteiger partial charge in [0.15, 0.2) is 11.6 Å². The number of aryl methyl sites for hydroxylation is 1. The Morgan fingerprint density at radius 1 is 1.11 bits per heavy atom. The van der Waals surface area contributed by atoms with Crippen molar-refractivity contribution in [3.8, 4) is 0 Å². The fraction of sp³-hybridized carbons (Fsp3) is 0.286. The smallest absolute Gasteiger partial charge is 0.161 e. The maximum atomic E-state index is 13.8. The van der Waals surface area contributed by atoms with Crippen molar-refractivity contribution in [3.05, 3.63) is 58.8 Å². The van der Waals surface area contributed by atoms with Crippen LogP contribution in [-0.4, -0.2) is 6.54 Å². The zero-order valence-electron chi connectivity index (χ0n) is 10.6. The zero-order valence-corrected chi connectivity index (χ0v) is 10.6. The van der Waals surface area contributed by atoms with Crippen LogP contribution in [-0.2, 0) is 0 Å². The molecule has 2 nitrogen and oxygen atoms in total.